The van der Waals surface area contributed by atoms with E-state index in [2.05, 4.69) is 18.7 Å². The Labute approximate surface area is 39.7 Å². The molecule has 0 radical (unpaired) electrons. The van der Waals surface area contributed by atoms with Crippen LogP contribution in [-0.2, 0) is 0 Å². The Morgan fingerprint density at radius 1 is 1.67 bits per heavy atom. The summed E-state index contributed by atoms with van der Waals surface area (Å²) in [4.78, 5) is 0. The zero-order chi connectivity index (χ0) is 4.99. The molecule has 0 bridgehead atoms. The first-order valence-electron chi connectivity index (χ1n) is 2.19. The molecule has 0 fully saturated rings. The molecule has 0 aliphatic rings. The third-order valence-electron chi connectivity index (χ3n) is 0.890. The SMILES string of the molecule is C[CH-]C(C)[N-]C. The Morgan fingerprint density at radius 2 is 2.17 bits per heavy atom. The zero-order valence-corrected chi connectivity index (χ0v) is 4.60. The molecule has 0 aliphatic heterocycles. The first-order valence-corrected chi connectivity index (χ1v) is 2.19. The van der Waals surface area contributed by atoms with Gasteiger partial charge in [0, 0.05) is 0 Å². The van der Waals surface area contributed by atoms with E-state index in [4.69, 9.17) is 0 Å². The van der Waals surface area contributed by atoms with E-state index in [1.165, 1.54) is 0 Å². The van der Waals surface area contributed by atoms with Gasteiger partial charge in [0.2, 0.25) is 0 Å². The van der Waals surface area contributed by atoms with Crippen LogP contribution in [0.15, 0.2) is 0 Å². The van der Waals surface area contributed by atoms with Crippen LogP contribution in [0.4, 0.5) is 0 Å². The van der Waals surface area contributed by atoms with Crippen molar-refractivity contribution < 1.29 is 0 Å². The van der Waals surface area contributed by atoms with Crippen LogP contribution < -0.4 is 0 Å². The average molecular weight is 85.2 g/mol. The molecule has 0 aromatic carbocycles. The van der Waals surface area contributed by atoms with Gasteiger partial charge in [-0.25, -0.2) is 0 Å². The third kappa shape index (κ3) is 2.21. The fraction of sp³-hybridized carbons (Fsp3) is 0.800. The predicted molar refractivity (Wildman–Crippen MR) is 28.7 cm³/mol. The molecule has 0 saturated heterocycles. The lowest BCUT2D eigenvalue weighted by molar-refractivity contribution is 0.947. The van der Waals surface area contributed by atoms with Gasteiger partial charge in [-0.05, 0) is 0 Å². The van der Waals surface area contributed by atoms with Gasteiger partial charge in [0.25, 0.3) is 0 Å². The molecule has 0 saturated carbocycles. The highest BCUT2D eigenvalue weighted by molar-refractivity contribution is 4.90. The summed E-state index contributed by atoms with van der Waals surface area (Å²) in [6, 6.07) is 0.435. The van der Waals surface area contributed by atoms with Crippen LogP contribution in [0.2, 0.25) is 0 Å². The van der Waals surface area contributed by atoms with Crippen molar-refractivity contribution in [3.05, 3.63) is 11.7 Å². The molecule has 0 rings (SSSR count). The second-order valence-electron chi connectivity index (χ2n) is 1.33. The number of nitrogens with zero attached hydrogens (tertiary/aromatic N) is 1. The number of rotatable bonds is 2. The normalized spacial score (nSPS) is 14.5. The maximum atomic E-state index is 3.95. The van der Waals surface area contributed by atoms with Crippen LogP contribution in [0.5, 0.6) is 0 Å². The molecule has 0 aliphatic carbocycles. The molecule has 0 spiro atoms. The highest BCUT2D eigenvalue weighted by Crippen LogP contribution is 1.95. The lowest BCUT2D eigenvalue weighted by atomic mass is 10.3. The summed E-state index contributed by atoms with van der Waals surface area (Å²) in [5, 5.41) is 3.95. The van der Waals surface area contributed by atoms with Crippen LogP contribution in [0.1, 0.15) is 13.8 Å². The number of hydrogen-bond acceptors (Lipinski definition) is 0. The maximum absolute atomic E-state index is 3.95. The van der Waals surface area contributed by atoms with Crippen LogP contribution in [0, 0.1) is 6.42 Å². The number of hydrogen-bond donors (Lipinski definition) is 0. The summed E-state index contributed by atoms with van der Waals surface area (Å²) >= 11 is 0. The van der Waals surface area contributed by atoms with Gasteiger partial charge in [-0.1, -0.05) is 0 Å². The van der Waals surface area contributed by atoms with Gasteiger partial charge in [-0.15, -0.1) is 6.92 Å². The zero-order valence-electron chi connectivity index (χ0n) is 4.60. The molecule has 0 heterocycles. The van der Waals surface area contributed by atoms with Gasteiger partial charge >= 0.3 is 0 Å². The average Bonchev–Trinajstić information content (AvgIpc) is 1.65. The standard InChI is InChI=1S/C5H11N/c1-4-5(2)6-3/h4-5H,1-3H3/q-2. The summed E-state index contributed by atoms with van der Waals surface area (Å²) in [6.45, 7) is 4.07. The minimum absolute atomic E-state index is 0.435. The van der Waals surface area contributed by atoms with E-state index in [9.17, 15) is 0 Å². The van der Waals surface area contributed by atoms with E-state index in [1.54, 1.807) is 0 Å². The summed E-state index contributed by atoms with van der Waals surface area (Å²) in [6.07, 6.45) is 2.06. The van der Waals surface area contributed by atoms with Crippen molar-refractivity contribution in [2.45, 2.75) is 19.9 Å². The lowest BCUT2D eigenvalue weighted by Crippen LogP contribution is -1.94. The molecule has 1 nitrogen and oxygen atoms in total. The van der Waals surface area contributed by atoms with Crippen molar-refractivity contribution in [1.29, 1.82) is 0 Å². The fourth-order valence-corrected chi connectivity index (χ4v) is 0.149. The van der Waals surface area contributed by atoms with Gasteiger partial charge in [0.15, 0.2) is 0 Å². The van der Waals surface area contributed by atoms with Crippen LogP contribution in [0.25, 0.3) is 5.32 Å². The molecule has 1 atom stereocenters. The predicted octanol–water partition coefficient (Wildman–Crippen LogP) is 1.60. The van der Waals surface area contributed by atoms with Crippen molar-refractivity contribution in [2.24, 2.45) is 0 Å². The van der Waals surface area contributed by atoms with E-state index in [-0.39, 0.29) is 0 Å². The molecule has 0 amide bonds. The van der Waals surface area contributed by atoms with Crippen molar-refractivity contribution in [1.82, 2.24) is 0 Å². The van der Waals surface area contributed by atoms with E-state index in [0.717, 1.165) is 0 Å². The van der Waals surface area contributed by atoms with Crippen LogP contribution >= 0.6 is 0 Å². The molecule has 0 aromatic heterocycles. The Hall–Kier alpha value is -0.0400. The first kappa shape index (κ1) is 5.96. The second-order valence-corrected chi connectivity index (χ2v) is 1.33. The summed E-state index contributed by atoms with van der Waals surface area (Å²) in [5.41, 5.74) is 0. The monoisotopic (exact) mass is 85.1 g/mol. The van der Waals surface area contributed by atoms with Gasteiger partial charge in [-0.2, -0.15) is 14.0 Å². The first-order chi connectivity index (χ1) is 2.81. The molecular weight excluding hydrogens is 74.1 g/mol. The fourth-order valence-electron chi connectivity index (χ4n) is 0.149. The molecule has 6 heavy (non-hydrogen) atoms. The summed E-state index contributed by atoms with van der Waals surface area (Å²) in [7, 11) is 1.82. The van der Waals surface area contributed by atoms with Gasteiger partial charge < -0.3 is 11.7 Å². The van der Waals surface area contributed by atoms with E-state index < -0.39 is 0 Å². The van der Waals surface area contributed by atoms with Crippen molar-refractivity contribution in [3.8, 4) is 0 Å². The van der Waals surface area contributed by atoms with Crippen molar-refractivity contribution in [2.75, 3.05) is 7.05 Å². The Bertz CT molecular complexity index is 23.1. The van der Waals surface area contributed by atoms with Gasteiger partial charge in [0.05, 0.1) is 0 Å². The molecule has 1 unspecified atom stereocenters. The molecule has 1 heteroatoms. The quantitative estimate of drug-likeness (QED) is 0.452. The minimum Gasteiger partial charge on any atom is -0.689 e. The highest BCUT2D eigenvalue weighted by Gasteiger charge is 1.61. The Morgan fingerprint density at radius 3 is 2.17 bits per heavy atom. The smallest absolute Gasteiger partial charge is 0.108 e. The largest absolute Gasteiger partial charge is 0.689 e. The van der Waals surface area contributed by atoms with E-state index >= 15 is 0 Å². The van der Waals surface area contributed by atoms with E-state index in [1.807, 2.05) is 14.0 Å². The third-order valence-corrected chi connectivity index (χ3v) is 0.890. The van der Waals surface area contributed by atoms with E-state index in [0.29, 0.717) is 6.04 Å². The van der Waals surface area contributed by atoms with Crippen LogP contribution in [-0.4, -0.2) is 13.1 Å². The summed E-state index contributed by atoms with van der Waals surface area (Å²) in [5.74, 6) is 0. The topological polar surface area (TPSA) is 14.1 Å². The highest BCUT2D eigenvalue weighted by atomic mass is 14.8. The van der Waals surface area contributed by atoms with Gasteiger partial charge in [-0.3, -0.25) is 6.04 Å². The molecule has 0 aromatic rings. The molecule has 38 valence electrons. The van der Waals surface area contributed by atoms with Crippen LogP contribution in [0.3, 0.4) is 0 Å². The minimum atomic E-state index is 0.435. The maximum Gasteiger partial charge on any atom is -0.108 e. The molecular formula is C5H11N-2. The lowest BCUT2D eigenvalue weighted by Gasteiger charge is -2.29. The summed E-state index contributed by atoms with van der Waals surface area (Å²) < 4.78 is 0. The van der Waals surface area contributed by atoms with Crippen molar-refractivity contribution >= 4 is 0 Å². The Balaban J connectivity index is 2.75. The Kier molecular flexibility index (Phi) is 3.14. The second kappa shape index (κ2) is 3.16. The van der Waals surface area contributed by atoms with Gasteiger partial charge in [0.1, 0.15) is 0 Å². The molecule has 0 N–H and O–H groups in total. The van der Waals surface area contributed by atoms with Crippen molar-refractivity contribution in [3.63, 3.8) is 0 Å².